The lowest BCUT2D eigenvalue weighted by molar-refractivity contribution is 0.337. The summed E-state index contributed by atoms with van der Waals surface area (Å²) in [4.78, 5) is 0. The van der Waals surface area contributed by atoms with Crippen LogP contribution in [0.5, 0.6) is 0 Å². The Balaban J connectivity index is 5.34. The highest BCUT2D eigenvalue weighted by Crippen LogP contribution is 2.25. The zero-order valence-corrected chi connectivity index (χ0v) is 18.9. The second-order valence-corrected chi connectivity index (χ2v) is 20.0. The van der Waals surface area contributed by atoms with E-state index in [1.807, 2.05) is 26.2 Å². The first-order valence-corrected chi connectivity index (χ1v) is 17.3. The Bertz CT molecular complexity index is 410. The molecule has 0 aliphatic carbocycles. The molecule has 0 N–H and O–H groups in total. The average Bonchev–Trinajstić information content (AvgIpc) is 2.49. The Kier molecular flexibility index (Phi) is 8.04. The maximum absolute atomic E-state index is 6.36. The van der Waals surface area contributed by atoms with E-state index in [2.05, 4.69) is 39.5 Å². The summed E-state index contributed by atoms with van der Waals surface area (Å²) in [5.41, 5.74) is 10.8. The van der Waals surface area contributed by atoms with Gasteiger partial charge < -0.3 is 12.3 Å². The minimum Gasteiger partial charge on any atom is -0.427 e. The summed E-state index contributed by atoms with van der Waals surface area (Å²) in [6, 6.07) is 0. The van der Waals surface area contributed by atoms with Crippen molar-refractivity contribution in [2.24, 2.45) is 0 Å². The number of hydrogen-bond donors (Lipinski definition) is 0. The maximum Gasteiger partial charge on any atom is 0.313 e. The Labute approximate surface area is 146 Å². The first-order valence-electron chi connectivity index (χ1n) is 7.41. The molecule has 0 unspecified atom stereocenters. The predicted octanol–water partition coefficient (Wildman–Crippen LogP) is 4.68. The lowest BCUT2D eigenvalue weighted by Gasteiger charge is -2.40. The van der Waals surface area contributed by atoms with Gasteiger partial charge in [-0.25, -0.2) is 0 Å². The summed E-state index contributed by atoms with van der Waals surface area (Å²) in [5.74, 6) is 0. The largest absolute Gasteiger partial charge is 0.427 e. The van der Waals surface area contributed by atoms with Crippen molar-refractivity contribution in [1.29, 1.82) is 0 Å². The van der Waals surface area contributed by atoms with Crippen molar-refractivity contribution in [3.05, 3.63) is 73.7 Å². The van der Waals surface area contributed by atoms with Crippen molar-refractivity contribution in [3.8, 4) is 0 Å². The molecule has 0 aromatic carbocycles. The van der Waals surface area contributed by atoms with Crippen molar-refractivity contribution >= 4 is 33.8 Å². The highest BCUT2D eigenvalue weighted by molar-refractivity contribution is 6.97. The topological polar surface area (TPSA) is 27.7 Å². The third kappa shape index (κ3) is 6.30. The monoisotopic (exact) mass is 382 g/mol. The molecule has 0 bridgehead atoms. The number of rotatable bonds is 12. The standard InChI is InChI=1S/C16H30O3Si4/c1-11-22(12-2,13-3)18-20(7,8)17-21(9,10)19-23(14-4,15-5)16-6/h11-16H,1-6H2,7-10H3. The fourth-order valence-corrected chi connectivity index (χ4v) is 17.9. The van der Waals surface area contributed by atoms with E-state index in [0.29, 0.717) is 0 Å². The normalized spacial score (nSPS) is 13.0. The second-order valence-electron chi connectivity index (χ2n) is 6.04. The zero-order valence-electron chi connectivity index (χ0n) is 14.9. The molecule has 0 aromatic heterocycles. The van der Waals surface area contributed by atoms with Crippen LogP contribution in [0.15, 0.2) is 73.7 Å². The highest BCUT2D eigenvalue weighted by Gasteiger charge is 2.44. The van der Waals surface area contributed by atoms with Gasteiger partial charge in [0.25, 0.3) is 16.6 Å². The summed E-state index contributed by atoms with van der Waals surface area (Å²) < 4.78 is 19.0. The van der Waals surface area contributed by atoms with Gasteiger partial charge in [0.1, 0.15) is 0 Å². The Morgan fingerprint density at radius 1 is 0.478 bits per heavy atom. The Morgan fingerprint density at radius 2 is 0.696 bits per heavy atom. The van der Waals surface area contributed by atoms with Gasteiger partial charge in [-0.15, -0.1) is 39.5 Å². The second kappa shape index (κ2) is 8.33. The van der Waals surface area contributed by atoms with Crippen molar-refractivity contribution in [3.63, 3.8) is 0 Å². The lowest BCUT2D eigenvalue weighted by atomic mass is 11.2. The van der Waals surface area contributed by atoms with E-state index in [0.717, 1.165) is 0 Å². The molecule has 0 fully saturated rings. The van der Waals surface area contributed by atoms with Gasteiger partial charge in [-0.2, -0.15) is 0 Å². The minimum absolute atomic E-state index is 1.80. The first-order chi connectivity index (χ1) is 10.5. The summed E-state index contributed by atoms with van der Waals surface area (Å²) in [5, 5.41) is 0. The van der Waals surface area contributed by atoms with Crippen molar-refractivity contribution in [2.75, 3.05) is 0 Å². The van der Waals surface area contributed by atoms with Crippen molar-refractivity contribution < 1.29 is 12.3 Å². The minimum atomic E-state index is -2.47. The molecule has 0 heterocycles. The summed E-state index contributed by atoms with van der Waals surface area (Å²) in [6.45, 7) is 31.2. The molecule has 3 nitrogen and oxygen atoms in total. The SMILES string of the molecule is C=C[Si](C=C)(C=C)O[Si](C)(C)O[Si](C)(C)O[Si](C=C)(C=C)C=C. The van der Waals surface area contributed by atoms with Crippen LogP contribution in [0.3, 0.4) is 0 Å². The molecule has 0 aliphatic heterocycles. The van der Waals surface area contributed by atoms with E-state index in [9.17, 15) is 0 Å². The van der Waals surface area contributed by atoms with Crippen LogP contribution < -0.4 is 0 Å². The molecule has 128 valence electrons. The van der Waals surface area contributed by atoms with E-state index in [-0.39, 0.29) is 0 Å². The Morgan fingerprint density at radius 3 is 0.870 bits per heavy atom. The lowest BCUT2D eigenvalue weighted by Crippen LogP contribution is -2.56. The molecule has 0 amide bonds. The molecule has 7 heteroatoms. The maximum atomic E-state index is 6.36. The van der Waals surface area contributed by atoms with Crippen LogP contribution in [0.1, 0.15) is 0 Å². The van der Waals surface area contributed by atoms with E-state index in [1.54, 1.807) is 34.2 Å². The van der Waals surface area contributed by atoms with Crippen molar-refractivity contribution in [2.45, 2.75) is 26.2 Å². The van der Waals surface area contributed by atoms with Gasteiger partial charge in [0.2, 0.25) is 0 Å². The molecular weight excluding hydrogens is 353 g/mol. The smallest absolute Gasteiger partial charge is 0.313 e. The molecule has 0 saturated carbocycles. The van der Waals surface area contributed by atoms with Crippen molar-refractivity contribution in [1.82, 2.24) is 0 Å². The summed E-state index contributed by atoms with van der Waals surface area (Å²) in [7, 11) is -9.72. The predicted molar refractivity (Wildman–Crippen MR) is 111 cm³/mol. The van der Waals surface area contributed by atoms with E-state index in [1.165, 1.54) is 0 Å². The van der Waals surface area contributed by atoms with Crippen LogP contribution >= 0.6 is 0 Å². The van der Waals surface area contributed by atoms with E-state index >= 15 is 0 Å². The summed E-state index contributed by atoms with van der Waals surface area (Å²) >= 11 is 0. The highest BCUT2D eigenvalue weighted by atomic mass is 28.5. The molecule has 0 aliphatic rings. The fourth-order valence-electron chi connectivity index (χ4n) is 2.24. The molecule has 0 radical (unpaired) electrons. The average molecular weight is 383 g/mol. The third-order valence-corrected chi connectivity index (χ3v) is 17.8. The van der Waals surface area contributed by atoms with Gasteiger partial charge in [0.15, 0.2) is 0 Å². The molecule has 0 saturated heterocycles. The third-order valence-electron chi connectivity index (χ3n) is 3.25. The van der Waals surface area contributed by atoms with Gasteiger partial charge in [-0.3, -0.25) is 0 Å². The quantitative estimate of drug-likeness (QED) is 0.459. The summed E-state index contributed by atoms with van der Waals surface area (Å²) in [6.07, 6.45) is 0. The molecule has 0 aromatic rings. The van der Waals surface area contributed by atoms with Gasteiger partial charge in [-0.1, -0.05) is 34.2 Å². The van der Waals surface area contributed by atoms with Gasteiger partial charge in [-0.05, 0) is 26.2 Å². The van der Waals surface area contributed by atoms with Crippen LogP contribution in [0.25, 0.3) is 0 Å². The van der Waals surface area contributed by atoms with Gasteiger partial charge in [0, 0.05) is 0 Å². The van der Waals surface area contributed by atoms with E-state index in [4.69, 9.17) is 12.3 Å². The molecule has 0 atom stereocenters. The Hall–Kier alpha value is -0.812. The van der Waals surface area contributed by atoms with E-state index < -0.39 is 33.8 Å². The number of hydrogen-bond acceptors (Lipinski definition) is 3. The van der Waals surface area contributed by atoms with Gasteiger partial charge in [0.05, 0.1) is 0 Å². The first kappa shape index (κ1) is 22.2. The van der Waals surface area contributed by atoms with Crippen LogP contribution in [-0.2, 0) is 12.3 Å². The molecular formula is C16H30O3Si4. The fraction of sp³-hybridized carbons (Fsp3) is 0.250. The molecule has 0 rings (SSSR count). The molecule has 23 heavy (non-hydrogen) atoms. The van der Waals surface area contributed by atoms with Crippen LogP contribution in [-0.4, -0.2) is 33.8 Å². The van der Waals surface area contributed by atoms with Crippen LogP contribution in [0.4, 0.5) is 0 Å². The zero-order chi connectivity index (χ0) is 18.4. The van der Waals surface area contributed by atoms with Crippen LogP contribution in [0.2, 0.25) is 26.2 Å². The van der Waals surface area contributed by atoms with Gasteiger partial charge >= 0.3 is 17.1 Å². The van der Waals surface area contributed by atoms with Crippen LogP contribution in [0, 0.1) is 0 Å². The molecule has 0 spiro atoms.